The summed E-state index contributed by atoms with van der Waals surface area (Å²) in [6, 6.07) is 4.11. The number of amidine groups is 1. The third kappa shape index (κ3) is 4.03. The van der Waals surface area contributed by atoms with E-state index in [0.717, 1.165) is 0 Å². The molecule has 0 fully saturated rings. The van der Waals surface area contributed by atoms with Crippen LogP contribution in [0, 0.1) is 0 Å². The smallest absolute Gasteiger partial charge is 0.255 e. The number of benzene rings is 1. The summed E-state index contributed by atoms with van der Waals surface area (Å²) < 4.78 is 0. The van der Waals surface area contributed by atoms with Gasteiger partial charge in [-0.2, -0.15) is 0 Å². The molecule has 110 valence electrons. The fraction of sp³-hybridized carbons (Fsp3) is 0.385. The van der Waals surface area contributed by atoms with Crippen molar-refractivity contribution < 1.29 is 15.1 Å². The quantitative estimate of drug-likeness (QED) is 0.335. The molecular weight excluding hydrogens is 282 g/mol. The minimum absolute atomic E-state index is 0.0297. The highest BCUT2D eigenvalue weighted by molar-refractivity contribution is 6.33. The van der Waals surface area contributed by atoms with Crippen LogP contribution in [-0.2, 0) is 0 Å². The summed E-state index contributed by atoms with van der Waals surface area (Å²) in [5.74, 6) is -0.296. The zero-order valence-corrected chi connectivity index (χ0v) is 12.1. The van der Waals surface area contributed by atoms with Crippen molar-refractivity contribution >= 4 is 23.3 Å². The van der Waals surface area contributed by atoms with Gasteiger partial charge < -0.3 is 20.9 Å². The maximum atomic E-state index is 12.4. The predicted octanol–water partition coefficient (Wildman–Crippen LogP) is 2.03. The number of carbonyl (C=O) groups excluding carboxylic acids is 1. The molecule has 6 nitrogen and oxygen atoms in total. The van der Waals surface area contributed by atoms with E-state index < -0.39 is 0 Å². The van der Waals surface area contributed by atoms with Gasteiger partial charge in [0.15, 0.2) is 0 Å². The standard InChI is InChI=1S/C13H18ClN3O3/c1-8(2)17(6-5-12(15)16-20)13(19)10-7-9(18)3-4-11(10)14/h3-4,7-8,18,20H,5-6H2,1-2H3,(H2,15,16). The van der Waals surface area contributed by atoms with Crippen molar-refractivity contribution in [2.45, 2.75) is 26.3 Å². The fourth-order valence-corrected chi connectivity index (χ4v) is 1.91. The molecule has 0 bridgehead atoms. The summed E-state index contributed by atoms with van der Waals surface area (Å²) in [6.07, 6.45) is 0.247. The molecule has 0 aliphatic carbocycles. The number of hydrogen-bond donors (Lipinski definition) is 3. The summed E-state index contributed by atoms with van der Waals surface area (Å²) in [7, 11) is 0. The summed E-state index contributed by atoms with van der Waals surface area (Å²) in [5.41, 5.74) is 5.63. The SMILES string of the molecule is CC(C)N(CC/C(N)=N/O)C(=O)c1cc(O)ccc1Cl. The summed E-state index contributed by atoms with van der Waals surface area (Å²) >= 11 is 5.98. The predicted molar refractivity (Wildman–Crippen MR) is 77.3 cm³/mol. The highest BCUT2D eigenvalue weighted by Gasteiger charge is 2.21. The highest BCUT2D eigenvalue weighted by Crippen LogP contribution is 2.23. The topological polar surface area (TPSA) is 99.1 Å². The number of halogens is 1. The Balaban J connectivity index is 2.97. The Morgan fingerprint density at radius 3 is 2.70 bits per heavy atom. The van der Waals surface area contributed by atoms with Gasteiger partial charge in [0.2, 0.25) is 0 Å². The monoisotopic (exact) mass is 299 g/mol. The number of amides is 1. The first kappa shape index (κ1) is 16.1. The van der Waals surface area contributed by atoms with Gasteiger partial charge in [0.25, 0.3) is 5.91 Å². The average molecular weight is 300 g/mol. The van der Waals surface area contributed by atoms with E-state index >= 15 is 0 Å². The van der Waals surface area contributed by atoms with E-state index in [1.165, 1.54) is 18.2 Å². The normalized spacial score (nSPS) is 11.7. The van der Waals surface area contributed by atoms with Crippen LogP contribution in [0.2, 0.25) is 5.02 Å². The van der Waals surface area contributed by atoms with Crippen molar-refractivity contribution in [3.63, 3.8) is 0 Å². The lowest BCUT2D eigenvalue weighted by Gasteiger charge is -2.27. The van der Waals surface area contributed by atoms with Crippen LogP contribution in [-0.4, -0.2) is 39.5 Å². The second-order valence-electron chi connectivity index (χ2n) is 4.60. The van der Waals surface area contributed by atoms with Crippen molar-refractivity contribution in [2.75, 3.05) is 6.54 Å². The van der Waals surface area contributed by atoms with Crippen molar-refractivity contribution in [2.24, 2.45) is 10.9 Å². The highest BCUT2D eigenvalue weighted by atomic mass is 35.5. The molecule has 0 spiro atoms. The van der Waals surface area contributed by atoms with E-state index in [1.54, 1.807) is 4.90 Å². The Bertz CT molecular complexity index is 518. The number of aromatic hydroxyl groups is 1. The minimum atomic E-state index is -0.313. The molecule has 4 N–H and O–H groups in total. The van der Waals surface area contributed by atoms with Crippen molar-refractivity contribution in [3.8, 4) is 5.75 Å². The van der Waals surface area contributed by atoms with Gasteiger partial charge in [-0.1, -0.05) is 16.8 Å². The lowest BCUT2D eigenvalue weighted by Crippen LogP contribution is -2.39. The van der Waals surface area contributed by atoms with Gasteiger partial charge in [-0.05, 0) is 32.0 Å². The number of carbonyl (C=O) groups is 1. The van der Waals surface area contributed by atoms with Gasteiger partial charge in [-0.15, -0.1) is 0 Å². The number of oxime groups is 1. The van der Waals surface area contributed by atoms with Crippen molar-refractivity contribution in [1.29, 1.82) is 0 Å². The van der Waals surface area contributed by atoms with Crippen LogP contribution in [0.25, 0.3) is 0 Å². The molecule has 0 unspecified atom stereocenters. The first-order chi connectivity index (χ1) is 9.36. The van der Waals surface area contributed by atoms with Gasteiger partial charge in [-0.3, -0.25) is 4.79 Å². The van der Waals surface area contributed by atoms with Crippen molar-refractivity contribution in [3.05, 3.63) is 28.8 Å². The van der Waals surface area contributed by atoms with E-state index in [2.05, 4.69) is 5.16 Å². The molecule has 7 heteroatoms. The second-order valence-corrected chi connectivity index (χ2v) is 5.00. The molecule has 0 heterocycles. The zero-order chi connectivity index (χ0) is 15.3. The minimum Gasteiger partial charge on any atom is -0.508 e. The summed E-state index contributed by atoms with van der Waals surface area (Å²) in [6.45, 7) is 3.99. The summed E-state index contributed by atoms with van der Waals surface area (Å²) in [5, 5.41) is 21.1. The Hall–Kier alpha value is -1.95. The molecular formula is C13H18ClN3O3. The maximum absolute atomic E-state index is 12.4. The molecule has 1 aromatic carbocycles. The molecule has 0 aliphatic rings. The molecule has 0 aliphatic heterocycles. The van der Waals surface area contributed by atoms with E-state index in [1.807, 2.05) is 13.8 Å². The number of rotatable bonds is 5. The van der Waals surface area contributed by atoms with Crippen LogP contribution in [0.5, 0.6) is 5.75 Å². The summed E-state index contributed by atoms with van der Waals surface area (Å²) in [4.78, 5) is 14.0. The van der Waals surface area contributed by atoms with Crippen LogP contribution >= 0.6 is 11.6 Å². The Morgan fingerprint density at radius 2 is 2.15 bits per heavy atom. The molecule has 1 aromatic rings. The third-order valence-corrected chi connectivity index (χ3v) is 3.13. The molecule has 20 heavy (non-hydrogen) atoms. The molecule has 0 atom stereocenters. The molecule has 1 rings (SSSR count). The van der Waals surface area contributed by atoms with Crippen LogP contribution in [0.1, 0.15) is 30.6 Å². The third-order valence-electron chi connectivity index (χ3n) is 2.80. The van der Waals surface area contributed by atoms with Gasteiger partial charge >= 0.3 is 0 Å². The number of phenolic OH excluding ortho intramolecular Hbond substituents is 1. The Kier molecular flexibility index (Phi) is 5.64. The fourth-order valence-electron chi connectivity index (χ4n) is 1.71. The van der Waals surface area contributed by atoms with Gasteiger partial charge in [0, 0.05) is 19.0 Å². The number of nitrogens with two attached hydrogens (primary N) is 1. The van der Waals surface area contributed by atoms with Crippen LogP contribution in [0.3, 0.4) is 0 Å². The Labute approximate surface area is 122 Å². The number of phenols is 1. The van der Waals surface area contributed by atoms with Crippen molar-refractivity contribution in [1.82, 2.24) is 4.90 Å². The van der Waals surface area contributed by atoms with E-state index in [-0.39, 0.29) is 40.5 Å². The molecule has 0 aromatic heterocycles. The lowest BCUT2D eigenvalue weighted by atomic mass is 10.1. The molecule has 0 saturated heterocycles. The lowest BCUT2D eigenvalue weighted by molar-refractivity contribution is 0.0710. The number of hydrogen-bond acceptors (Lipinski definition) is 4. The molecule has 0 saturated carbocycles. The molecule has 1 amide bonds. The first-order valence-electron chi connectivity index (χ1n) is 6.12. The second kappa shape index (κ2) is 7.00. The van der Waals surface area contributed by atoms with Crippen LogP contribution in [0.15, 0.2) is 23.4 Å². The average Bonchev–Trinajstić information content (AvgIpc) is 2.40. The van der Waals surface area contributed by atoms with Gasteiger partial charge in [0.05, 0.1) is 10.6 Å². The number of nitrogens with zero attached hydrogens (tertiary/aromatic N) is 2. The molecule has 0 radical (unpaired) electrons. The van der Waals surface area contributed by atoms with E-state index in [9.17, 15) is 9.90 Å². The van der Waals surface area contributed by atoms with Gasteiger partial charge in [0.1, 0.15) is 11.6 Å². The van der Waals surface area contributed by atoms with E-state index in [4.69, 9.17) is 22.5 Å². The van der Waals surface area contributed by atoms with Crippen LogP contribution in [0.4, 0.5) is 0 Å². The van der Waals surface area contributed by atoms with Crippen LogP contribution < -0.4 is 5.73 Å². The van der Waals surface area contributed by atoms with Gasteiger partial charge in [-0.25, -0.2) is 0 Å². The Morgan fingerprint density at radius 1 is 1.50 bits per heavy atom. The largest absolute Gasteiger partial charge is 0.508 e. The first-order valence-corrected chi connectivity index (χ1v) is 6.50. The maximum Gasteiger partial charge on any atom is 0.255 e. The van der Waals surface area contributed by atoms with E-state index in [0.29, 0.717) is 6.54 Å². The zero-order valence-electron chi connectivity index (χ0n) is 11.4.